The Balaban J connectivity index is 1.53. The van der Waals surface area contributed by atoms with Crippen LogP contribution in [0.5, 0.6) is 17.2 Å². The van der Waals surface area contributed by atoms with E-state index in [1.807, 2.05) is 47.8 Å². The summed E-state index contributed by atoms with van der Waals surface area (Å²) >= 11 is 3.88. The van der Waals surface area contributed by atoms with Crippen LogP contribution >= 0.6 is 23.5 Å². The molecule has 1 saturated heterocycles. The van der Waals surface area contributed by atoms with Gasteiger partial charge in [0.15, 0.2) is 18.1 Å². The predicted molar refractivity (Wildman–Crippen MR) is 112 cm³/mol. The van der Waals surface area contributed by atoms with Crippen molar-refractivity contribution in [2.75, 3.05) is 30.5 Å². The summed E-state index contributed by atoms with van der Waals surface area (Å²) in [6.45, 7) is -3.20. The predicted octanol–water partition coefficient (Wildman–Crippen LogP) is 5.18. The maximum Gasteiger partial charge on any atom is 0.387 e. The quantitative estimate of drug-likeness (QED) is 0.609. The molecule has 0 aromatic heterocycles. The molecule has 1 heterocycles. The van der Waals surface area contributed by atoms with Gasteiger partial charge in [0.25, 0.3) is 5.91 Å². The molecular formula is C20H21F2NO4S2. The minimum absolute atomic E-state index is 0.147. The summed E-state index contributed by atoms with van der Waals surface area (Å²) in [5, 5.41) is 2.59. The molecule has 156 valence electrons. The van der Waals surface area contributed by atoms with Gasteiger partial charge in [0.2, 0.25) is 0 Å². The van der Waals surface area contributed by atoms with E-state index in [2.05, 4.69) is 10.1 Å². The molecule has 5 nitrogen and oxygen atoms in total. The molecule has 1 aliphatic rings. The molecule has 9 heteroatoms. The average molecular weight is 442 g/mol. The van der Waals surface area contributed by atoms with E-state index in [9.17, 15) is 13.6 Å². The molecule has 0 unspecified atom stereocenters. The fourth-order valence-electron chi connectivity index (χ4n) is 2.69. The summed E-state index contributed by atoms with van der Waals surface area (Å²) in [7, 11) is 1.34. The zero-order chi connectivity index (χ0) is 20.6. The maximum absolute atomic E-state index is 12.5. The molecule has 0 atom stereocenters. The molecule has 2 aromatic rings. The summed E-state index contributed by atoms with van der Waals surface area (Å²) < 4.78 is 40.3. The smallest absolute Gasteiger partial charge is 0.387 e. The molecule has 3 rings (SSSR count). The lowest BCUT2D eigenvalue weighted by molar-refractivity contribution is -0.118. The fourth-order valence-corrected chi connectivity index (χ4v) is 5.58. The van der Waals surface area contributed by atoms with Crippen LogP contribution in [0, 0.1) is 0 Å². The number of amides is 1. The first-order valence-electron chi connectivity index (χ1n) is 8.94. The van der Waals surface area contributed by atoms with Crippen LogP contribution in [0.4, 0.5) is 14.5 Å². The van der Waals surface area contributed by atoms with E-state index in [-0.39, 0.29) is 18.1 Å². The second kappa shape index (κ2) is 10.6. The number of benzene rings is 2. The zero-order valence-corrected chi connectivity index (χ0v) is 17.4. The minimum atomic E-state index is -2.99. The van der Waals surface area contributed by atoms with Crippen molar-refractivity contribution in [1.82, 2.24) is 0 Å². The van der Waals surface area contributed by atoms with E-state index in [0.717, 1.165) is 0 Å². The first kappa shape index (κ1) is 21.6. The Bertz CT molecular complexity index is 815. The van der Waals surface area contributed by atoms with Gasteiger partial charge >= 0.3 is 6.61 Å². The van der Waals surface area contributed by atoms with E-state index >= 15 is 0 Å². The Labute approximate surface area is 176 Å². The highest BCUT2D eigenvalue weighted by Crippen LogP contribution is 2.43. The monoisotopic (exact) mass is 441 g/mol. The fraction of sp³-hybridized carbons (Fsp3) is 0.350. The molecule has 0 saturated carbocycles. The van der Waals surface area contributed by atoms with Crippen LogP contribution in [0.15, 0.2) is 42.5 Å². The van der Waals surface area contributed by atoms with Crippen LogP contribution < -0.4 is 19.5 Å². The lowest BCUT2D eigenvalue weighted by atomic mass is 10.2. The van der Waals surface area contributed by atoms with Gasteiger partial charge < -0.3 is 19.5 Å². The Morgan fingerprint density at radius 2 is 1.86 bits per heavy atom. The molecule has 2 aromatic carbocycles. The lowest BCUT2D eigenvalue weighted by Gasteiger charge is -2.21. The van der Waals surface area contributed by atoms with E-state index < -0.39 is 12.5 Å². The molecule has 29 heavy (non-hydrogen) atoms. The minimum Gasteiger partial charge on any atom is -0.493 e. The third kappa shape index (κ3) is 6.43. The maximum atomic E-state index is 12.5. The highest BCUT2D eigenvalue weighted by Gasteiger charge is 2.16. The number of anilines is 1. The molecule has 1 aliphatic heterocycles. The highest BCUT2D eigenvalue weighted by molar-refractivity contribution is 8.16. The topological polar surface area (TPSA) is 56.8 Å². The molecular weight excluding hydrogens is 420 g/mol. The van der Waals surface area contributed by atoms with Crippen LogP contribution in [-0.4, -0.2) is 37.7 Å². The summed E-state index contributed by atoms with van der Waals surface area (Å²) in [4.78, 5) is 12.1. The van der Waals surface area contributed by atoms with Crippen LogP contribution in [0.1, 0.15) is 16.6 Å². The zero-order valence-electron chi connectivity index (χ0n) is 15.7. The number of alkyl halides is 2. The normalized spacial score (nSPS) is 14.5. The van der Waals surface area contributed by atoms with E-state index in [0.29, 0.717) is 16.0 Å². The van der Waals surface area contributed by atoms with Crippen molar-refractivity contribution in [3.8, 4) is 17.2 Å². The van der Waals surface area contributed by atoms with E-state index in [1.54, 1.807) is 0 Å². The molecule has 0 aliphatic carbocycles. The SMILES string of the molecule is COc1ccc(NC(=O)COc2ccc(C3SCCCS3)cc2)cc1OC(F)F. The van der Waals surface area contributed by atoms with Gasteiger partial charge in [0.05, 0.1) is 11.7 Å². The molecule has 1 fully saturated rings. The number of carbonyl (C=O) groups is 1. The third-order valence-corrected chi connectivity index (χ3v) is 7.03. The van der Waals surface area contributed by atoms with Gasteiger partial charge in [-0.15, -0.1) is 23.5 Å². The highest BCUT2D eigenvalue weighted by atomic mass is 32.2. The average Bonchev–Trinajstić information content (AvgIpc) is 2.73. The van der Waals surface area contributed by atoms with Gasteiger partial charge in [0, 0.05) is 11.8 Å². The first-order valence-corrected chi connectivity index (χ1v) is 11.0. The molecule has 0 bridgehead atoms. The Hall–Kier alpha value is -2.13. The van der Waals surface area contributed by atoms with Gasteiger partial charge in [-0.1, -0.05) is 12.1 Å². The summed E-state index contributed by atoms with van der Waals surface area (Å²) in [5.41, 5.74) is 1.54. The molecule has 0 spiro atoms. The second-order valence-electron chi connectivity index (χ2n) is 6.08. The number of thioether (sulfide) groups is 2. The first-order chi connectivity index (χ1) is 14.0. The van der Waals surface area contributed by atoms with Gasteiger partial charge in [0.1, 0.15) is 5.75 Å². The van der Waals surface area contributed by atoms with Crippen LogP contribution in [0.25, 0.3) is 0 Å². The Kier molecular flexibility index (Phi) is 7.88. The Morgan fingerprint density at radius 1 is 1.14 bits per heavy atom. The third-order valence-electron chi connectivity index (χ3n) is 4.01. The van der Waals surface area contributed by atoms with Crippen LogP contribution in [0.3, 0.4) is 0 Å². The molecule has 1 amide bonds. The lowest BCUT2D eigenvalue weighted by Crippen LogP contribution is -2.20. The van der Waals surface area contributed by atoms with Crippen LogP contribution in [-0.2, 0) is 4.79 Å². The van der Waals surface area contributed by atoms with Crippen molar-refractivity contribution < 1.29 is 27.8 Å². The molecule has 0 radical (unpaired) electrons. The summed E-state index contributed by atoms with van der Waals surface area (Å²) in [6, 6.07) is 12.0. The van der Waals surface area contributed by atoms with Crippen molar-refractivity contribution in [3.63, 3.8) is 0 Å². The van der Waals surface area contributed by atoms with E-state index in [4.69, 9.17) is 9.47 Å². The van der Waals surface area contributed by atoms with Crippen molar-refractivity contribution >= 4 is 35.1 Å². The summed E-state index contributed by atoms with van der Waals surface area (Å²) in [6.07, 6.45) is 1.24. The number of halogens is 2. The summed E-state index contributed by atoms with van der Waals surface area (Å²) in [5.74, 6) is 2.51. The Morgan fingerprint density at radius 3 is 2.52 bits per heavy atom. The number of ether oxygens (including phenoxy) is 3. The number of nitrogens with one attached hydrogen (secondary N) is 1. The number of hydrogen-bond donors (Lipinski definition) is 1. The largest absolute Gasteiger partial charge is 0.493 e. The molecule has 1 N–H and O–H groups in total. The van der Waals surface area contributed by atoms with Crippen molar-refractivity contribution in [3.05, 3.63) is 48.0 Å². The van der Waals surface area contributed by atoms with Gasteiger partial charge in [-0.2, -0.15) is 8.78 Å². The van der Waals surface area contributed by atoms with Gasteiger partial charge in [-0.3, -0.25) is 4.79 Å². The van der Waals surface area contributed by atoms with Crippen LogP contribution in [0.2, 0.25) is 0 Å². The standard InChI is InChI=1S/C20H21F2NO4S2/c1-25-16-8-5-14(11-17(16)27-20(21)22)23-18(24)12-26-15-6-3-13(4-7-15)19-28-9-2-10-29-19/h3-8,11,19-20H,2,9-10,12H2,1H3,(H,23,24). The van der Waals surface area contributed by atoms with Gasteiger partial charge in [-0.25, -0.2) is 0 Å². The number of methoxy groups -OCH3 is 1. The number of hydrogen-bond acceptors (Lipinski definition) is 6. The van der Waals surface area contributed by atoms with Crippen molar-refractivity contribution in [2.24, 2.45) is 0 Å². The second-order valence-corrected chi connectivity index (χ2v) is 8.80. The van der Waals surface area contributed by atoms with E-state index in [1.165, 1.54) is 48.8 Å². The van der Waals surface area contributed by atoms with Crippen molar-refractivity contribution in [1.29, 1.82) is 0 Å². The number of carbonyl (C=O) groups excluding carboxylic acids is 1. The van der Waals surface area contributed by atoms with Gasteiger partial charge in [-0.05, 0) is 47.8 Å². The van der Waals surface area contributed by atoms with Crippen molar-refractivity contribution in [2.45, 2.75) is 17.6 Å². The number of rotatable bonds is 8.